The summed E-state index contributed by atoms with van der Waals surface area (Å²) in [5.74, 6) is 0. The summed E-state index contributed by atoms with van der Waals surface area (Å²) in [4.78, 5) is 2.44. The molecule has 2 heteroatoms. The van der Waals surface area contributed by atoms with Crippen LogP contribution in [0.1, 0.15) is 29.2 Å². The molecule has 1 spiro atoms. The molecule has 0 aromatic heterocycles. The van der Waals surface area contributed by atoms with Gasteiger partial charge in [0, 0.05) is 21.2 Å². The van der Waals surface area contributed by atoms with E-state index in [2.05, 4.69) is 209 Å². The van der Waals surface area contributed by atoms with Crippen LogP contribution in [0.2, 0.25) is 0 Å². The Balaban J connectivity index is 0.00000116. The highest BCUT2D eigenvalue weighted by molar-refractivity contribution is 9.10. The lowest BCUT2D eigenvalue weighted by Crippen LogP contribution is -2.26. The predicted octanol–water partition coefficient (Wildman–Crippen LogP) is 14.3. The van der Waals surface area contributed by atoms with Crippen molar-refractivity contribution in [1.82, 2.24) is 0 Å². The van der Waals surface area contributed by atoms with Crippen molar-refractivity contribution in [3.63, 3.8) is 0 Å². The van der Waals surface area contributed by atoms with Crippen LogP contribution < -0.4 is 4.90 Å². The van der Waals surface area contributed by atoms with E-state index in [0.717, 1.165) is 21.5 Å². The second kappa shape index (κ2) is 13.0. The highest BCUT2D eigenvalue weighted by Gasteiger charge is 2.51. The highest BCUT2D eigenvalue weighted by Crippen LogP contribution is 2.63. The van der Waals surface area contributed by atoms with Crippen LogP contribution in [0.4, 0.5) is 17.1 Å². The summed E-state index contributed by atoms with van der Waals surface area (Å²) >= 11 is 3.58. The van der Waals surface area contributed by atoms with E-state index < -0.39 is 5.41 Å². The summed E-state index contributed by atoms with van der Waals surface area (Å²) in [6.45, 7) is 5.25. The number of halogens is 1. The Bertz CT molecular complexity index is 2550. The molecular weight excluding hydrogens is 694 g/mol. The quantitative estimate of drug-likeness (QED) is 0.163. The summed E-state index contributed by atoms with van der Waals surface area (Å²) in [5, 5.41) is 2.44. The van der Waals surface area contributed by atoms with Crippen molar-refractivity contribution in [1.29, 1.82) is 0 Å². The van der Waals surface area contributed by atoms with Crippen molar-refractivity contribution in [3.05, 3.63) is 221 Å². The molecule has 0 heterocycles. The maximum atomic E-state index is 3.58. The van der Waals surface area contributed by atoms with Crippen molar-refractivity contribution in [2.24, 2.45) is 0 Å². The predicted molar refractivity (Wildman–Crippen MR) is 224 cm³/mol. The zero-order chi connectivity index (χ0) is 35.2. The summed E-state index contributed by atoms with van der Waals surface area (Å²) in [7, 11) is 0. The van der Waals surface area contributed by atoms with Gasteiger partial charge in [0.05, 0.1) is 11.1 Å². The van der Waals surface area contributed by atoms with Crippen LogP contribution in [0.3, 0.4) is 0 Å². The zero-order valence-corrected chi connectivity index (χ0v) is 30.5. The Kier molecular flexibility index (Phi) is 7.98. The summed E-state index contributed by atoms with van der Waals surface area (Å²) in [6.07, 6.45) is 1.75. The second-order valence-corrected chi connectivity index (χ2v) is 14.3. The number of anilines is 3. The van der Waals surface area contributed by atoms with E-state index in [-0.39, 0.29) is 0 Å². The van der Waals surface area contributed by atoms with Crippen LogP contribution in [-0.4, -0.2) is 0 Å². The lowest BCUT2D eigenvalue weighted by Gasteiger charge is -2.32. The standard InChI is InChI=1S/C47H30BrN.C3H6/c48-34-24-20-31(21-25-34)32-22-26-35(27-23-32)49(46-19-9-11-33-10-1-2-12-37(33)46)36-28-29-41-40-15-5-8-18-44(40)47(45(41)30-36)42-16-6-3-13-38(42)39-14-4-7-17-43(39)47;1-3-2/h1-30H;3H,1H2,2H3. The molecule has 10 rings (SSSR count). The third-order valence-corrected chi connectivity index (χ3v) is 11.1. The van der Waals surface area contributed by atoms with Crippen molar-refractivity contribution in [2.45, 2.75) is 12.3 Å². The van der Waals surface area contributed by atoms with Gasteiger partial charge in [-0.15, -0.1) is 6.58 Å². The Labute approximate surface area is 314 Å². The molecule has 0 amide bonds. The zero-order valence-electron chi connectivity index (χ0n) is 28.9. The van der Waals surface area contributed by atoms with Gasteiger partial charge in [-0.2, -0.15) is 0 Å². The number of hydrogen-bond acceptors (Lipinski definition) is 1. The molecule has 0 aliphatic heterocycles. The minimum absolute atomic E-state index is 0.398. The van der Waals surface area contributed by atoms with Crippen molar-refractivity contribution < 1.29 is 0 Å². The number of rotatable bonds is 4. The summed E-state index contributed by atoms with van der Waals surface area (Å²) in [5.41, 5.74) is 16.1. The Hall–Kier alpha value is -5.96. The molecule has 0 saturated carbocycles. The van der Waals surface area contributed by atoms with Gasteiger partial charge in [0.25, 0.3) is 0 Å². The Morgan fingerprint density at radius 2 is 0.942 bits per heavy atom. The van der Waals surface area contributed by atoms with Gasteiger partial charge in [0.15, 0.2) is 0 Å². The third kappa shape index (κ3) is 4.90. The number of hydrogen-bond donors (Lipinski definition) is 0. The van der Waals surface area contributed by atoms with E-state index in [1.54, 1.807) is 6.08 Å². The number of fused-ring (bicyclic) bond motifs is 11. The first-order valence-electron chi connectivity index (χ1n) is 17.8. The molecule has 0 fully saturated rings. The van der Waals surface area contributed by atoms with Crippen LogP contribution in [0, 0.1) is 0 Å². The van der Waals surface area contributed by atoms with E-state index in [1.807, 2.05) is 6.92 Å². The number of allylic oxidation sites excluding steroid dienone is 1. The van der Waals surface area contributed by atoms with Gasteiger partial charge in [-0.05, 0) is 110 Å². The van der Waals surface area contributed by atoms with Gasteiger partial charge in [-0.25, -0.2) is 0 Å². The van der Waals surface area contributed by atoms with E-state index >= 15 is 0 Å². The molecular formula is C50H36BrN. The first kappa shape index (κ1) is 32.0. The molecule has 0 unspecified atom stereocenters. The monoisotopic (exact) mass is 729 g/mol. The largest absolute Gasteiger partial charge is 0.310 e. The second-order valence-electron chi connectivity index (χ2n) is 13.4. The third-order valence-electron chi connectivity index (χ3n) is 10.5. The fourth-order valence-electron chi connectivity index (χ4n) is 8.50. The number of benzene rings is 8. The average molecular weight is 731 g/mol. The van der Waals surface area contributed by atoms with Gasteiger partial charge in [-0.1, -0.05) is 162 Å². The molecule has 0 saturated heterocycles. The molecule has 0 bridgehead atoms. The lowest BCUT2D eigenvalue weighted by molar-refractivity contribution is 0.793. The van der Waals surface area contributed by atoms with E-state index in [1.165, 1.54) is 66.4 Å². The van der Waals surface area contributed by atoms with Crippen molar-refractivity contribution in [2.75, 3.05) is 4.90 Å². The first-order chi connectivity index (χ1) is 25.6. The average Bonchev–Trinajstić information content (AvgIpc) is 3.66. The molecule has 52 heavy (non-hydrogen) atoms. The maximum absolute atomic E-state index is 3.58. The molecule has 1 nitrogen and oxygen atoms in total. The van der Waals surface area contributed by atoms with E-state index in [4.69, 9.17) is 0 Å². The fraction of sp³-hybridized carbons (Fsp3) is 0.0400. The molecule has 0 atom stereocenters. The van der Waals surface area contributed by atoms with E-state index in [9.17, 15) is 0 Å². The van der Waals surface area contributed by atoms with Crippen molar-refractivity contribution in [3.8, 4) is 33.4 Å². The van der Waals surface area contributed by atoms with E-state index in [0.29, 0.717) is 0 Å². The van der Waals surface area contributed by atoms with Crippen LogP contribution in [0.5, 0.6) is 0 Å². The molecule has 2 aliphatic rings. The lowest BCUT2D eigenvalue weighted by atomic mass is 9.70. The van der Waals surface area contributed by atoms with Crippen LogP contribution in [0.15, 0.2) is 199 Å². The SMILES string of the molecule is Brc1ccc(-c2ccc(N(c3ccc4c(c3)C3(c5ccccc5-c5ccccc53)c3ccccc3-4)c3cccc4ccccc34)cc2)cc1.C=CC. The molecule has 8 aromatic rings. The smallest absolute Gasteiger partial charge is 0.0726 e. The summed E-state index contributed by atoms with van der Waals surface area (Å²) in [6, 6.07) is 67.1. The molecule has 8 aromatic carbocycles. The molecule has 2 aliphatic carbocycles. The Morgan fingerprint density at radius 3 is 1.54 bits per heavy atom. The molecule has 0 N–H and O–H groups in total. The number of nitrogens with zero attached hydrogens (tertiary/aromatic N) is 1. The normalized spacial score (nSPS) is 12.7. The van der Waals surface area contributed by atoms with Crippen LogP contribution in [-0.2, 0) is 5.41 Å². The van der Waals surface area contributed by atoms with Crippen LogP contribution >= 0.6 is 15.9 Å². The van der Waals surface area contributed by atoms with Crippen molar-refractivity contribution >= 4 is 43.8 Å². The van der Waals surface area contributed by atoms with Crippen LogP contribution in [0.25, 0.3) is 44.2 Å². The fourth-order valence-corrected chi connectivity index (χ4v) is 8.76. The highest BCUT2D eigenvalue weighted by atomic mass is 79.9. The Morgan fingerprint density at radius 1 is 0.481 bits per heavy atom. The minimum Gasteiger partial charge on any atom is -0.310 e. The first-order valence-corrected chi connectivity index (χ1v) is 18.6. The van der Waals surface area contributed by atoms with Gasteiger partial charge in [0.1, 0.15) is 0 Å². The van der Waals surface area contributed by atoms with Gasteiger partial charge >= 0.3 is 0 Å². The summed E-state index contributed by atoms with van der Waals surface area (Å²) < 4.78 is 1.08. The molecule has 248 valence electrons. The maximum Gasteiger partial charge on any atom is 0.0726 e. The van der Waals surface area contributed by atoms with Gasteiger partial charge in [0.2, 0.25) is 0 Å². The van der Waals surface area contributed by atoms with Gasteiger partial charge < -0.3 is 4.90 Å². The topological polar surface area (TPSA) is 3.24 Å². The van der Waals surface area contributed by atoms with Gasteiger partial charge in [-0.3, -0.25) is 0 Å². The molecule has 0 radical (unpaired) electrons. The minimum atomic E-state index is -0.398.